The number of nitrogens with one attached hydrogen (secondary N) is 1. The molecule has 1 amide bonds. The van der Waals surface area contributed by atoms with Crippen molar-refractivity contribution in [2.75, 3.05) is 0 Å². The number of carboxylic acids is 1. The maximum atomic E-state index is 11.9. The van der Waals surface area contributed by atoms with E-state index >= 15 is 0 Å². The predicted octanol–water partition coefficient (Wildman–Crippen LogP) is 0.276. The van der Waals surface area contributed by atoms with Crippen LogP contribution in [0.4, 0.5) is 13.2 Å². The highest BCUT2D eigenvalue weighted by Gasteiger charge is 2.38. The highest BCUT2D eigenvalue weighted by molar-refractivity contribution is 5.81. The zero-order valence-corrected chi connectivity index (χ0v) is 10.0. The molecule has 0 spiro atoms. The summed E-state index contributed by atoms with van der Waals surface area (Å²) in [5.74, 6) is -3.28. The van der Waals surface area contributed by atoms with Gasteiger partial charge in [-0.05, 0) is 13.8 Å². The minimum Gasteiger partial charge on any atom is -0.479 e. The number of aliphatic carboxylic acids is 1. The lowest BCUT2D eigenvalue weighted by atomic mass is 10.1. The molecule has 0 unspecified atom stereocenters. The van der Waals surface area contributed by atoms with Crippen molar-refractivity contribution in [3.63, 3.8) is 0 Å². The summed E-state index contributed by atoms with van der Waals surface area (Å²) in [6.45, 7) is 2.21. The van der Waals surface area contributed by atoms with E-state index in [4.69, 9.17) is 5.11 Å². The molecule has 0 aliphatic rings. The Morgan fingerprint density at radius 2 is 2.00 bits per heavy atom. The second-order valence-corrected chi connectivity index (χ2v) is 4.20. The quantitative estimate of drug-likeness (QED) is 0.825. The van der Waals surface area contributed by atoms with Crippen molar-refractivity contribution >= 4 is 11.9 Å². The molecule has 2 N–H and O–H groups in total. The van der Waals surface area contributed by atoms with Gasteiger partial charge in [-0.15, -0.1) is 5.10 Å². The fourth-order valence-corrected chi connectivity index (χ4v) is 1.02. The van der Waals surface area contributed by atoms with Crippen LogP contribution < -0.4 is 5.32 Å². The van der Waals surface area contributed by atoms with E-state index in [0.717, 1.165) is 10.9 Å². The highest BCUT2D eigenvalue weighted by atomic mass is 19.4. The Hall–Kier alpha value is -2.13. The molecule has 1 rings (SSSR count). The third kappa shape index (κ3) is 3.42. The first-order valence-corrected chi connectivity index (χ1v) is 5.05. The van der Waals surface area contributed by atoms with Crippen molar-refractivity contribution in [2.24, 2.45) is 0 Å². The van der Waals surface area contributed by atoms with Gasteiger partial charge in [0.2, 0.25) is 0 Å². The first kappa shape index (κ1) is 14.9. The van der Waals surface area contributed by atoms with Gasteiger partial charge in [0.05, 0.1) is 12.7 Å². The van der Waals surface area contributed by atoms with Crippen LogP contribution in [0.3, 0.4) is 0 Å². The average Bonchev–Trinajstić information content (AvgIpc) is 2.73. The van der Waals surface area contributed by atoms with Crippen LogP contribution in [0.25, 0.3) is 0 Å². The van der Waals surface area contributed by atoms with Gasteiger partial charge in [-0.3, -0.25) is 4.79 Å². The van der Waals surface area contributed by atoms with E-state index in [1.807, 2.05) is 0 Å². The molecule has 10 heteroatoms. The van der Waals surface area contributed by atoms with Crippen LogP contribution in [-0.4, -0.2) is 38.2 Å². The second kappa shape index (κ2) is 4.86. The summed E-state index contributed by atoms with van der Waals surface area (Å²) >= 11 is 0. The van der Waals surface area contributed by atoms with E-state index in [2.05, 4.69) is 10.3 Å². The van der Waals surface area contributed by atoms with Crippen LogP contribution in [0.2, 0.25) is 0 Å². The summed E-state index contributed by atoms with van der Waals surface area (Å²) in [5.41, 5.74) is -1.37. The van der Waals surface area contributed by atoms with Gasteiger partial charge >= 0.3 is 18.1 Å². The Morgan fingerprint density at radius 3 is 2.47 bits per heavy atom. The minimum atomic E-state index is -4.98. The lowest BCUT2D eigenvalue weighted by Gasteiger charge is -2.18. The van der Waals surface area contributed by atoms with E-state index in [1.54, 1.807) is 5.32 Å². The standard InChI is InChI=1S/C9H11F3N4O3/c1-8(2,7(18)19)16-4-5(14-15-16)3-13-6(17)9(10,11)12/h4H,3H2,1-2H3,(H,13,17)(H,18,19). The second-order valence-electron chi connectivity index (χ2n) is 4.20. The lowest BCUT2D eigenvalue weighted by Crippen LogP contribution is -2.36. The summed E-state index contributed by atoms with van der Waals surface area (Å²) in [6.07, 6.45) is -3.82. The molecule has 106 valence electrons. The van der Waals surface area contributed by atoms with Gasteiger partial charge in [-0.2, -0.15) is 13.2 Å². The smallest absolute Gasteiger partial charge is 0.471 e. The molecule has 0 saturated carbocycles. The monoisotopic (exact) mass is 280 g/mol. The van der Waals surface area contributed by atoms with Crippen LogP contribution in [0.1, 0.15) is 19.5 Å². The number of halogens is 3. The van der Waals surface area contributed by atoms with Gasteiger partial charge in [0, 0.05) is 0 Å². The maximum absolute atomic E-state index is 11.9. The largest absolute Gasteiger partial charge is 0.479 e. The molecule has 0 bridgehead atoms. The Labute approximate surface area is 105 Å². The Balaban J connectivity index is 2.72. The fraction of sp³-hybridized carbons (Fsp3) is 0.556. The van der Waals surface area contributed by atoms with Crippen LogP contribution in [0, 0.1) is 0 Å². The highest BCUT2D eigenvalue weighted by Crippen LogP contribution is 2.15. The number of hydrogen-bond acceptors (Lipinski definition) is 4. The third-order valence-corrected chi connectivity index (χ3v) is 2.32. The lowest BCUT2D eigenvalue weighted by molar-refractivity contribution is -0.173. The average molecular weight is 280 g/mol. The molecule has 0 aliphatic carbocycles. The van der Waals surface area contributed by atoms with Crippen molar-refractivity contribution in [3.05, 3.63) is 11.9 Å². The van der Waals surface area contributed by atoms with Gasteiger partial charge in [0.15, 0.2) is 5.54 Å². The summed E-state index contributed by atoms with van der Waals surface area (Å²) < 4.78 is 36.8. The van der Waals surface area contributed by atoms with Crippen LogP contribution in [0.15, 0.2) is 6.20 Å². The predicted molar refractivity (Wildman–Crippen MR) is 54.9 cm³/mol. The SMILES string of the molecule is CC(C)(C(=O)O)n1cc(CNC(=O)C(F)(F)F)nn1. The molecule has 0 saturated heterocycles. The van der Waals surface area contributed by atoms with Crippen molar-refractivity contribution < 1.29 is 27.9 Å². The number of hydrogen-bond donors (Lipinski definition) is 2. The Bertz CT molecular complexity index is 495. The third-order valence-electron chi connectivity index (χ3n) is 2.32. The number of nitrogens with zero attached hydrogens (tertiary/aromatic N) is 3. The maximum Gasteiger partial charge on any atom is 0.471 e. The number of carbonyl (C=O) groups is 2. The summed E-state index contributed by atoms with van der Waals surface area (Å²) in [4.78, 5) is 21.5. The molecule has 1 heterocycles. The summed E-state index contributed by atoms with van der Waals surface area (Å²) in [5, 5.41) is 17.5. The molecule has 0 atom stereocenters. The Morgan fingerprint density at radius 1 is 1.42 bits per heavy atom. The van der Waals surface area contributed by atoms with Crippen LogP contribution >= 0.6 is 0 Å². The molecular formula is C9H11F3N4O3. The van der Waals surface area contributed by atoms with Crippen molar-refractivity contribution in [3.8, 4) is 0 Å². The van der Waals surface area contributed by atoms with Gasteiger partial charge in [-0.25, -0.2) is 9.48 Å². The fourth-order valence-electron chi connectivity index (χ4n) is 1.02. The number of carbonyl (C=O) groups excluding carboxylic acids is 1. The number of amides is 1. The molecule has 1 aromatic rings. The number of rotatable bonds is 4. The molecule has 0 aliphatic heterocycles. The Kier molecular flexibility index (Phi) is 3.82. The van der Waals surface area contributed by atoms with E-state index in [-0.39, 0.29) is 5.69 Å². The van der Waals surface area contributed by atoms with E-state index in [1.165, 1.54) is 13.8 Å². The first-order chi connectivity index (χ1) is 8.55. The van der Waals surface area contributed by atoms with Gasteiger partial charge in [0.25, 0.3) is 0 Å². The molecule has 0 aromatic carbocycles. The van der Waals surface area contributed by atoms with Crippen LogP contribution in [0.5, 0.6) is 0 Å². The minimum absolute atomic E-state index is 0.0203. The number of alkyl halides is 3. The molecule has 7 nitrogen and oxygen atoms in total. The molecule has 19 heavy (non-hydrogen) atoms. The van der Waals surface area contributed by atoms with Crippen molar-refractivity contribution in [1.82, 2.24) is 20.3 Å². The summed E-state index contributed by atoms with van der Waals surface area (Å²) in [7, 11) is 0. The number of aromatic nitrogens is 3. The van der Waals surface area contributed by atoms with E-state index in [9.17, 15) is 22.8 Å². The van der Waals surface area contributed by atoms with Crippen LogP contribution in [-0.2, 0) is 21.7 Å². The van der Waals surface area contributed by atoms with Gasteiger partial charge in [-0.1, -0.05) is 5.21 Å². The van der Waals surface area contributed by atoms with Gasteiger partial charge < -0.3 is 10.4 Å². The number of carboxylic acid groups (broad SMARTS) is 1. The molecule has 1 aromatic heterocycles. The molecule has 0 radical (unpaired) electrons. The van der Waals surface area contributed by atoms with E-state index < -0.39 is 30.1 Å². The zero-order chi connectivity index (χ0) is 14.8. The van der Waals surface area contributed by atoms with E-state index in [0.29, 0.717) is 0 Å². The zero-order valence-electron chi connectivity index (χ0n) is 10.0. The first-order valence-electron chi connectivity index (χ1n) is 5.05. The topological polar surface area (TPSA) is 97.1 Å². The molecular weight excluding hydrogens is 269 g/mol. The summed E-state index contributed by atoms with van der Waals surface area (Å²) in [6, 6.07) is 0. The normalized spacial score (nSPS) is 12.3. The van der Waals surface area contributed by atoms with Crippen molar-refractivity contribution in [1.29, 1.82) is 0 Å². The molecule has 0 fully saturated rings. The van der Waals surface area contributed by atoms with Crippen molar-refractivity contribution in [2.45, 2.75) is 32.1 Å². The van der Waals surface area contributed by atoms with Gasteiger partial charge in [0.1, 0.15) is 5.69 Å².